The Morgan fingerprint density at radius 3 is 2.65 bits per heavy atom. The van der Waals surface area contributed by atoms with Crippen molar-refractivity contribution in [2.24, 2.45) is 5.73 Å². The van der Waals surface area contributed by atoms with Crippen LogP contribution in [0.1, 0.15) is 23.7 Å². The van der Waals surface area contributed by atoms with Crippen molar-refractivity contribution in [3.8, 4) is 0 Å². The van der Waals surface area contributed by atoms with Crippen LogP contribution in [0.25, 0.3) is 0 Å². The van der Waals surface area contributed by atoms with Crippen molar-refractivity contribution in [3.63, 3.8) is 0 Å². The minimum absolute atomic E-state index is 0.130. The molecule has 4 nitrogen and oxygen atoms in total. The molecule has 106 valence electrons. The third-order valence-corrected chi connectivity index (χ3v) is 4.25. The molecule has 1 atom stereocenters. The summed E-state index contributed by atoms with van der Waals surface area (Å²) >= 11 is 13.4. The number of aromatic nitrogens is 1. The highest BCUT2D eigenvalue weighted by Gasteiger charge is 2.13. The van der Waals surface area contributed by atoms with Crippen LogP contribution in [0.3, 0.4) is 0 Å². The number of carbonyl (C=O) groups excluding carboxylic acids is 1. The van der Waals surface area contributed by atoms with Gasteiger partial charge in [0, 0.05) is 5.38 Å². The maximum Gasteiger partial charge on any atom is 0.230 e. The number of hydrogen-bond donors (Lipinski definition) is 2. The monoisotopic (exact) mass is 329 g/mol. The predicted octanol–water partition coefficient (Wildman–Crippen LogP) is 3.65. The molecule has 20 heavy (non-hydrogen) atoms. The molecule has 0 fully saturated rings. The topological polar surface area (TPSA) is 68.0 Å². The average molecular weight is 330 g/mol. The molecule has 0 bridgehead atoms. The zero-order valence-corrected chi connectivity index (χ0v) is 13.0. The van der Waals surface area contributed by atoms with Crippen LogP contribution in [0.2, 0.25) is 10.0 Å². The summed E-state index contributed by atoms with van der Waals surface area (Å²) in [7, 11) is 0. The lowest BCUT2D eigenvalue weighted by atomic mass is 10.2. The fraction of sp³-hybridized carbons (Fsp3) is 0.231. The molecule has 0 saturated heterocycles. The van der Waals surface area contributed by atoms with Crippen LogP contribution in [0.5, 0.6) is 0 Å². The fourth-order valence-electron chi connectivity index (χ4n) is 1.58. The van der Waals surface area contributed by atoms with Crippen LogP contribution in [0.4, 0.5) is 5.69 Å². The van der Waals surface area contributed by atoms with Gasteiger partial charge in [0.15, 0.2) is 0 Å². The molecule has 7 heteroatoms. The molecule has 1 aromatic carbocycles. The van der Waals surface area contributed by atoms with Crippen molar-refractivity contribution in [2.45, 2.75) is 19.4 Å². The highest BCUT2D eigenvalue weighted by molar-refractivity contribution is 7.09. The molecule has 0 aliphatic carbocycles. The van der Waals surface area contributed by atoms with Gasteiger partial charge in [0.2, 0.25) is 5.91 Å². The van der Waals surface area contributed by atoms with Crippen LogP contribution in [0.15, 0.2) is 23.6 Å². The predicted molar refractivity (Wildman–Crippen MR) is 83.5 cm³/mol. The summed E-state index contributed by atoms with van der Waals surface area (Å²) in [6.45, 7) is 1.85. The van der Waals surface area contributed by atoms with E-state index in [0.29, 0.717) is 21.4 Å². The van der Waals surface area contributed by atoms with Crippen LogP contribution in [0, 0.1) is 0 Å². The third-order valence-electron chi connectivity index (χ3n) is 2.53. The van der Waals surface area contributed by atoms with Crippen LogP contribution >= 0.6 is 34.5 Å². The Balaban J connectivity index is 2.05. The molecule has 0 spiro atoms. The first-order valence-electron chi connectivity index (χ1n) is 5.91. The molecule has 1 amide bonds. The first-order valence-corrected chi connectivity index (χ1v) is 7.54. The maximum atomic E-state index is 12.0. The minimum Gasteiger partial charge on any atom is -0.323 e. The lowest BCUT2D eigenvalue weighted by Gasteiger charge is -2.08. The normalized spacial score (nSPS) is 12.2. The molecule has 3 N–H and O–H groups in total. The standard InChI is InChI=1S/C13H13Cl2N3OS/c1-7(16)13-17-8(6-20-13)5-11(19)18-12-9(14)3-2-4-10(12)15/h2-4,6-7H,5,16H2,1H3,(H,18,19). The van der Waals surface area contributed by atoms with Gasteiger partial charge in [0.25, 0.3) is 0 Å². The maximum absolute atomic E-state index is 12.0. The van der Waals surface area contributed by atoms with Crippen molar-refractivity contribution >= 4 is 46.1 Å². The van der Waals surface area contributed by atoms with Crippen LogP contribution in [-0.4, -0.2) is 10.9 Å². The van der Waals surface area contributed by atoms with Gasteiger partial charge in [-0.2, -0.15) is 0 Å². The van der Waals surface area contributed by atoms with Crippen molar-refractivity contribution in [1.82, 2.24) is 4.98 Å². The molecule has 1 unspecified atom stereocenters. The number of nitrogens with one attached hydrogen (secondary N) is 1. The summed E-state index contributed by atoms with van der Waals surface area (Å²) in [6.07, 6.45) is 0.158. The number of para-hydroxylation sites is 1. The molecule has 0 aliphatic rings. The van der Waals surface area contributed by atoms with E-state index in [2.05, 4.69) is 10.3 Å². The summed E-state index contributed by atoms with van der Waals surface area (Å²) < 4.78 is 0. The van der Waals surface area contributed by atoms with E-state index in [9.17, 15) is 4.79 Å². The van der Waals surface area contributed by atoms with E-state index in [1.807, 2.05) is 12.3 Å². The van der Waals surface area contributed by atoms with E-state index in [4.69, 9.17) is 28.9 Å². The summed E-state index contributed by atoms with van der Waals surface area (Å²) in [5.41, 5.74) is 6.84. The van der Waals surface area contributed by atoms with Gasteiger partial charge in [-0.25, -0.2) is 4.98 Å². The Morgan fingerprint density at radius 2 is 2.10 bits per heavy atom. The van der Waals surface area contributed by atoms with E-state index in [1.54, 1.807) is 18.2 Å². The number of nitrogens with two attached hydrogens (primary N) is 1. The summed E-state index contributed by atoms with van der Waals surface area (Å²) in [4.78, 5) is 16.3. The zero-order valence-electron chi connectivity index (χ0n) is 10.7. The molecule has 0 saturated carbocycles. The zero-order chi connectivity index (χ0) is 14.7. The number of thiazole rings is 1. The molecule has 0 radical (unpaired) electrons. The van der Waals surface area contributed by atoms with E-state index >= 15 is 0 Å². The van der Waals surface area contributed by atoms with Crippen molar-refractivity contribution < 1.29 is 4.79 Å². The largest absolute Gasteiger partial charge is 0.323 e. The van der Waals surface area contributed by atoms with Gasteiger partial charge in [-0.1, -0.05) is 29.3 Å². The average Bonchev–Trinajstić information content (AvgIpc) is 2.82. The smallest absolute Gasteiger partial charge is 0.230 e. The quantitative estimate of drug-likeness (QED) is 0.899. The number of hydrogen-bond acceptors (Lipinski definition) is 4. The van der Waals surface area contributed by atoms with Crippen molar-refractivity contribution in [3.05, 3.63) is 44.3 Å². The van der Waals surface area contributed by atoms with Gasteiger partial charge in [0.1, 0.15) is 5.01 Å². The van der Waals surface area contributed by atoms with E-state index in [1.165, 1.54) is 11.3 Å². The highest BCUT2D eigenvalue weighted by atomic mass is 35.5. The summed E-state index contributed by atoms with van der Waals surface area (Å²) in [5.74, 6) is -0.221. The third kappa shape index (κ3) is 3.70. The Morgan fingerprint density at radius 1 is 1.45 bits per heavy atom. The lowest BCUT2D eigenvalue weighted by Crippen LogP contribution is -2.15. The SMILES string of the molecule is CC(N)c1nc(CC(=O)Nc2c(Cl)cccc2Cl)cs1. The molecular formula is C13H13Cl2N3OS. The molecule has 2 aromatic rings. The van der Waals surface area contributed by atoms with Gasteiger partial charge < -0.3 is 11.1 Å². The molecule has 2 rings (SSSR count). The van der Waals surface area contributed by atoms with Crippen molar-refractivity contribution in [2.75, 3.05) is 5.32 Å². The number of rotatable bonds is 4. The minimum atomic E-state index is -0.221. The number of anilines is 1. The Kier molecular flexibility index (Phi) is 4.99. The fourth-order valence-corrected chi connectivity index (χ4v) is 2.85. The number of benzene rings is 1. The van der Waals surface area contributed by atoms with E-state index in [-0.39, 0.29) is 18.4 Å². The molecule has 1 heterocycles. The number of nitrogens with zero attached hydrogens (tertiary/aromatic N) is 1. The van der Waals surface area contributed by atoms with E-state index < -0.39 is 0 Å². The first-order chi connectivity index (χ1) is 9.47. The van der Waals surface area contributed by atoms with Gasteiger partial charge >= 0.3 is 0 Å². The second-order valence-electron chi connectivity index (χ2n) is 4.29. The van der Waals surface area contributed by atoms with Gasteiger partial charge in [-0.3, -0.25) is 4.79 Å². The molecule has 0 aliphatic heterocycles. The van der Waals surface area contributed by atoms with E-state index in [0.717, 1.165) is 5.01 Å². The number of halogens is 2. The second kappa shape index (κ2) is 6.54. The number of carbonyl (C=O) groups is 1. The molecular weight excluding hydrogens is 317 g/mol. The van der Waals surface area contributed by atoms with Gasteiger partial charge in [-0.15, -0.1) is 11.3 Å². The van der Waals surface area contributed by atoms with Crippen LogP contribution < -0.4 is 11.1 Å². The Labute approximate surface area is 130 Å². The Hall–Kier alpha value is -1.14. The van der Waals surface area contributed by atoms with Crippen molar-refractivity contribution in [1.29, 1.82) is 0 Å². The first kappa shape index (κ1) is 15.3. The van der Waals surface area contributed by atoms with Crippen LogP contribution in [-0.2, 0) is 11.2 Å². The number of amides is 1. The second-order valence-corrected chi connectivity index (χ2v) is 5.99. The Bertz CT molecular complexity index is 608. The lowest BCUT2D eigenvalue weighted by molar-refractivity contribution is -0.115. The summed E-state index contributed by atoms with van der Waals surface area (Å²) in [5, 5.41) is 6.14. The van der Waals surface area contributed by atoms with Gasteiger partial charge in [-0.05, 0) is 19.1 Å². The summed E-state index contributed by atoms with van der Waals surface area (Å²) in [6, 6.07) is 4.92. The van der Waals surface area contributed by atoms with Gasteiger partial charge in [0.05, 0.1) is 33.9 Å². The molecule has 1 aromatic heterocycles. The highest BCUT2D eigenvalue weighted by Crippen LogP contribution is 2.29.